The van der Waals surface area contributed by atoms with Gasteiger partial charge in [0, 0.05) is 16.8 Å². The summed E-state index contributed by atoms with van der Waals surface area (Å²) in [6.45, 7) is 0.427. The summed E-state index contributed by atoms with van der Waals surface area (Å²) in [5.74, 6) is 2.21. The normalized spacial score (nSPS) is 10.9. The minimum absolute atomic E-state index is 0.116. The topological polar surface area (TPSA) is 58.9 Å². The summed E-state index contributed by atoms with van der Waals surface area (Å²) in [6.07, 6.45) is 0. The summed E-state index contributed by atoms with van der Waals surface area (Å²) in [4.78, 5) is 13.6. The number of rotatable bonds is 6. The van der Waals surface area contributed by atoms with Gasteiger partial charge in [0.25, 0.3) is 5.56 Å². The van der Waals surface area contributed by atoms with Crippen molar-refractivity contribution >= 4 is 21.7 Å². The molecule has 0 saturated heterocycles. The largest absolute Gasteiger partial charge is 0.493 e. The van der Waals surface area contributed by atoms with Crippen LogP contribution in [0.4, 0.5) is 0 Å². The van der Waals surface area contributed by atoms with Gasteiger partial charge in [-0.25, -0.2) is 0 Å². The van der Waals surface area contributed by atoms with Gasteiger partial charge in [0.15, 0.2) is 23.0 Å². The Labute approximate surface area is 174 Å². The molecule has 1 heterocycles. The lowest BCUT2D eigenvalue weighted by Gasteiger charge is -2.17. The van der Waals surface area contributed by atoms with Crippen molar-refractivity contribution in [2.45, 2.75) is 6.54 Å². The Bertz CT molecular complexity index is 1280. The van der Waals surface area contributed by atoms with E-state index in [1.54, 1.807) is 39.1 Å². The highest BCUT2D eigenvalue weighted by atomic mass is 16.5. The summed E-state index contributed by atoms with van der Waals surface area (Å²) >= 11 is 0. The van der Waals surface area contributed by atoms with Gasteiger partial charge in [-0.2, -0.15) is 0 Å². The van der Waals surface area contributed by atoms with Gasteiger partial charge < -0.3 is 23.5 Å². The average molecular weight is 405 g/mol. The van der Waals surface area contributed by atoms with E-state index in [0.717, 1.165) is 21.9 Å². The van der Waals surface area contributed by atoms with E-state index in [-0.39, 0.29) is 5.56 Å². The van der Waals surface area contributed by atoms with E-state index in [0.29, 0.717) is 34.9 Å². The molecule has 0 fully saturated rings. The molecule has 0 aliphatic carbocycles. The molecule has 0 unspecified atom stereocenters. The first-order valence-corrected chi connectivity index (χ1v) is 9.49. The predicted octanol–water partition coefficient (Wildman–Crippen LogP) is 4.24. The third-order valence-corrected chi connectivity index (χ3v) is 5.27. The number of pyridine rings is 1. The van der Waals surface area contributed by atoms with Crippen LogP contribution in [0, 0.1) is 0 Å². The lowest BCUT2D eigenvalue weighted by atomic mass is 10.0. The van der Waals surface area contributed by atoms with E-state index in [4.69, 9.17) is 18.9 Å². The fourth-order valence-electron chi connectivity index (χ4n) is 3.76. The van der Waals surface area contributed by atoms with Crippen molar-refractivity contribution in [3.8, 4) is 23.0 Å². The zero-order chi connectivity index (χ0) is 21.3. The van der Waals surface area contributed by atoms with E-state index < -0.39 is 0 Å². The molecule has 0 atom stereocenters. The summed E-state index contributed by atoms with van der Waals surface area (Å²) < 4.78 is 23.7. The van der Waals surface area contributed by atoms with Gasteiger partial charge in [-0.15, -0.1) is 0 Å². The maximum atomic E-state index is 13.6. The van der Waals surface area contributed by atoms with Crippen molar-refractivity contribution in [3.63, 3.8) is 0 Å². The van der Waals surface area contributed by atoms with Crippen LogP contribution in [0.1, 0.15) is 5.56 Å². The number of benzene rings is 3. The Morgan fingerprint density at radius 3 is 1.73 bits per heavy atom. The van der Waals surface area contributed by atoms with Gasteiger partial charge in [0.2, 0.25) is 0 Å². The van der Waals surface area contributed by atoms with Gasteiger partial charge in [0.05, 0.1) is 45.9 Å². The lowest BCUT2D eigenvalue weighted by Crippen LogP contribution is -2.21. The van der Waals surface area contributed by atoms with Crippen molar-refractivity contribution in [3.05, 3.63) is 70.5 Å². The number of methoxy groups -OCH3 is 4. The highest BCUT2D eigenvalue weighted by molar-refractivity contribution is 6.07. The standard InChI is InChI=1S/C24H23NO5/c1-27-20-10-16-17-11-21(28-2)23(30-4)13-19(17)25(14-15-8-6-5-7-9-15)24(26)18(16)12-22(20)29-3/h5-13H,14H2,1-4H3. The SMILES string of the molecule is COc1cc2c(=O)n(Cc3ccccc3)c3cc(OC)c(OC)cc3c2cc1OC. The Kier molecular flexibility index (Phi) is 5.23. The van der Waals surface area contributed by atoms with Gasteiger partial charge in [-0.05, 0) is 23.8 Å². The molecule has 4 aromatic rings. The first-order chi connectivity index (χ1) is 14.6. The van der Waals surface area contributed by atoms with Crippen LogP contribution in [-0.4, -0.2) is 33.0 Å². The molecule has 0 spiro atoms. The number of fused-ring (bicyclic) bond motifs is 3. The van der Waals surface area contributed by atoms with E-state index in [2.05, 4.69) is 0 Å². The van der Waals surface area contributed by atoms with Crippen LogP contribution in [0.5, 0.6) is 23.0 Å². The lowest BCUT2D eigenvalue weighted by molar-refractivity contribution is 0.355. The van der Waals surface area contributed by atoms with Crippen molar-refractivity contribution in [1.29, 1.82) is 0 Å². The molecule has 30 heavy (non-hydrogen) atoms. The molecule has 0 amide bonds. The Morgan fingerprint density at radius 2 is 1.17 bits per heavy atom. The first-order valence-electron chi connectivity index (χ1n) is 9.49. The summed E-state index contributed by atoms with van der Waals surface area (Å²) in [5, 5.41) is 2.17. The molecule has 0 N–H and O–H groups in total. The summed E-state index contributed by atoms with van der Waals surface area (Å²) in [5.41, 5.74) is 1.66. The quantitative estimate of drug-likeness (QED) is 0.449. The van der Waals surface area contributed by atoms with E-state index in [1.165, 1.54) is 0 Å². The number of hydrogen-bond acceptors (Lipinski definition) is 5. The number of hydrogen-bond donors (Lipinski definition) is 0. The number of aromatic nitrogens is 1. The zero-order valence-electron chi connectivity index (χ0n) is 17.4. The Hall–Kier alpha value is -3.67. The zero-order valence-corrected chi connectivity index (χ0v) is 17.4. The number of ether oxygens (including phenoxy) is 4. The van der Waals surface area contributed by atoms with Gasteiger partial charge in [-0.1, -0.05) is 30.3 Å². The molecule has 6 nitrogen and oxygen atoms in total. The molecular weight excluding hydrogens is 382 g/mol. The maximum absolute atomic E-state index is 13.6. The monoisotopic (exact) mass is 405 g/mol. The molecule has 1 aromatic heterocycles. The molecule has 4 rings (SSSR count). The van der Waals surface area contributed by atoms with Crippen molar-refractivity contribution in [2.75, 3.05) is 28.4 Å². The Balaban J connectivity index is 2.14. The smallest absolute Gasteiger partial charge is 0.259 e. The summed E-state index contributed by atoms with van der Waals surface area (Å²) in [6, 6.07) is 17.2. The van der Waals surface area contributed by atoms with Crippen LogP contribution in [0.15, 0.2) is 59.4 Å². The second kappa shape index (κ2) is 7.99. The van der Waals surface area contributed by atoms with Crippen molar-refractivity contribution < 1.29 is 18.9 Å². The number of nitrogens with zero attached hydrogens (tertiary/aromatic N) is 1. The van der Waals surface area contributed by atoms with Crippen molar-refractivity contribution in [2.24, 2.45) is 0 Å². The third kappa shape index (κ3) is 3.20. The second-order valence-corrected chi connectivity index (χ2v) is 6.85. The van der Waals surface area contributed by atoms with E-state index >= 15 is 0 Å². The van der Waals surface area contributed by atoms with Crippen LogP contribution in [0.25, 0.3) is 21.7 Å². The minimum Gasteiger partial charge on any atom is -0.493 e. The summed E-state index contributed by atoms with van der Waals surface area (Å²) in [7, 11) is 6.31. The van der Waals surface area contributed by atoms with Crippen LogP contribution in [0.2, 0.25) is 0 Å². The van der Waals surface area contributed by atoms with Gasteiger partial charge in [-0.3, -0.25) is 4.79 Å². The molecule has 0 radical (unpaired) electrons. The highest BCUT2D eigenvalue weighted by Gasteiger charge is 2.18. The fraction of sp³-hybridized carbons (Fsp3) is 0.208. The third-order valence-electron chi connectivity index (χ3n) is 5.27. The molecule has 6 heteroatoms. The van der Waals surface area contributed by atoms with Gasteiger partial charge >= 0.3 is 0 Å². The molecule has 0 aliphatic rings. The van der Waals surface area contributed by atoms with Crippen LogP contribution >= 0.6 is 0 Å². The fourth-order valence-corrected chi connectivity index (χ4v) is 3.76. The van der Waals surface area contributed by atoms with Crippen molar-refractivity contribution in [1.82, 2.24) is 4.57 Å². The van der Waals surface area contributed by atoms with E-state index in [9.17, 15) is 4.79 Å². The minimum atomic E-state index is -0.116. The second-order valence-electron chi connectivity index (χ2n) is 6.85. The van der Waals surface area contributed by atoms with Crippen LogP contribution < -0.4 is 24.5 Å². The first kappa shape index (κ1) is 19.6. The molecule has 3 aromatic carbocycles. The van der Waals surface area contributed by atoms with Crippen LogP contribution in [-0.2, 0) is 6.54 Å². The average Bonchev–Trinajstić information content (AvgIpc) is 2.80. The predicted molar refractivity (Wildman–Crippen MR) is 117 cm³/mol. The molecular formula is C24H23NO5. The van der Waals surface area contributed by atoms with Crippen LogP contribution in [0.3, 0.4) is 0 Å². The Morgan fingerprint density at radius 1 is 0.667 bits per heavy atom. The molecule has 154 valence electrons. The maximum Gasteiger partial charge on any atom is 0.259 e. The highest BCUT2D eigenvalue weighted by Crippen LogP contribution is 2.38. The molecule has 0 aliphatic heterocycles. The molecule has 0 saturated carbocycles. The molecule has 0 bridgehead atoms. The van der Waals surface area contributed by atoms with Gasteiger partial charge in [0.1, 0.15) is 0 Å². The van der Waals surface area contributed by atoms with E-state index in [1.807, 2.05) is 48.5 Å².